The first kappa shape index (κ1) is 14.9. The van der Waals surface area contributed by atoms with E-state index >= 15 is 0 Å². The van der Waals surface area contributed by atoms with E-state index in [0.717, 1.165) is 11.1 Å². The fraction of sp³-hybridized carbons (Fsp3) is 0.333. The van der Waals surface area contributed by atoms with Crippen LogP contribution in [-0.2, 0) is 0 Å². The lowest BCUT2D eigenvalue weighted by Crippen LogP contribution is -2.18. The third-order valence-electron chi connectivity index (χ3n) is 3.50. The molecule has 0 radical (unpaired) electrons. The number of ketones is 1. The van der Waals surface area contributed by atoms with Gasteiger partial charge in [0.2, 0.25) is 0 Å². The number of carbonyl (C=O) groups excluding carboxylic acids is 1. The Hall–Kier alpha value is -2.50. The van der Waals surface area contributed by atoms with E-state index in [2.05, 4.69) is 5.10 Å². The number of Topliss-reactive ketones (excluding diaryl/α,β-unsaturated/α-hetero) is 1. The van der Waals surface area contributed by atoms with Crippen LogP contribution in [0.5, 0.6) is 0 Å². The van der Waals surface area contributed by atoms with Gasteiger partial charge < -0.3 is 10.1 Å². The molecule has 1 aromatic heterocycles. The number of carbonyl (C=O) groups is 1. The molecule has 0 aliphatic carbocycles. The summed E-state index contributed by atoms with van der Waals surface area (Å²) in [7, 11) is 0. The first-order valence-electron chi connectivity index (χ1n) is 6.63. The number of nitro groups is 1. The van der Waals surface area contributed by atoms with Gasteiger partial charge in [-0.3, -0.25) is 4.79 Å². The highest BCUT2D eigenvalue weighted by Gasteiger charge is 2.25. The maximum absolute atomic E-state index is 12.6. The Kier molecular flexibility index (Phi) is 3.88. The van der Waals surface area contributed by atoms with E-state index in [1.54, 1.807) is 13.8 Å². The number of aryl methyl sites for hydroxylation is 3. The molecule has 0 bridgehead atoms. The van der Waals surface area contributed by atoms with E-state index < -0.39 is 11.0 Å². The summed E-state index contributed by atoms with van der Waals surface area (Å²) in [5.74, 6) is -0.316. The second-order valence-electron chi connectivity index (χ2n) is 5.23. The van der Waals surface area contributed by atoms with Crippen molar-refractivity contribution in [3.8, 4) is 0 Å². The highest BCUT2D eigenvalue weighted by atomic mass is 16.6. The van der Waals surface area contributed by atoms with Crippen LogP contribution in [0.3, 0.4) is 0 Å². The van der Waals surface area contributed by atoms with Gasteiger partial charge in [-0.15, -0.1) is 0 Å². The summed E-state index contributed by atoms with van der Waals surface area (Å²) in [6.45, 7) is 7.09. The molecule has 0 spiro atoms. The number of hydrogen-bond acceptors (Lipinski definition) is 4. The van der Waals surface area contributed by atoms with Gasteiger partial charge in [-0.05, 0) is 44.2 Å². The highest BCUT2D eigenvalue weighted by molar-refractivity contribution is 6.00. The minimum absolute atomic E-state index is 0.103. The average molecular weight is 287 g/mol. The predicted molar refractivity (Wildman–Crippen MR) is 78.6 cm³/mol. The normalized spacial score (nSPS) is 12.2. The molecule has 2 aromatic rings. The number of aromatic nitrogens is 2. The van der Waals surface area contributed by atoms with E-state index in [4.69, 9.17) is 0 Å². The van der Waals surface area contributed by atoms with E-state index in [-0.39, 0.29) is 11.6 Å². The molecule has 0 aliphatic heterocycles. The molecule has 0 fully saturated rings. The Labute approximate surface area is 122 Å². The first-order chi connectivity index (χ1) is 9.81. The summed E-state index contributed by atoms with van der Waals surface area (Å²) in [5, 5.41) is 14.7. The number of benzene rings is 1. The minimum Gasteiger partial charge on any atom is -0.358 e. The van der Waals surface area contributed by atoms with Crippen molar-refractivity contribution in [2.75, 3.05) is 0 Å². The van der Waals surface area contributed by atoms with Gasteiger partial charge in [0.15, 0.2) is 5.78 Å². The van der Waals surface area contributed by atoms with Crippen LogP contribution in [0.1, 0.15) is 40.0 Å². The van der Waals surface area contributed by atoms with Crippen LogP contribution in [0, 0.1) is 30.9 Å². The van der Waals surface area contributed by atoms with Gasteiger partial charge in [0.25, 0.3) is 0 Å². The van der Waals surface area contributed by atoms with Gasteiger partial charge in [0.05, 0.1) is 16.9 Å². The minimum atomic E-state index is -0.585. The van der Waals surface area contributed by atoms with Gasteiger partial charge in [-0.2, -0.15) is 4.68 Å². The van der Waals surface area contributed by atoms with Crippen LogP contribution in [0.15, 0.2) is 24.4 Å². The lowest BCUT2D eigenvalue weighted by atomic mass is 9.98. The first-order valence-corrected chi connectivity index (χ1v) is 6.63. The molecule has 0 N–H and O–H groups in total. The van der Waals surface area contributed by atoms with E-state index in [1.165, 1.54) is 10.9 Å². The van der Waals surface area contributed by atoms with Crippen LogP contribution in [0.25, 0.3) is 0 Å². The molecule has 0 amide bonds. The second-order valence-corrected chi connectivity index (χ2v) is 5.23. The monoisotopic (exact) mass is 287 g/mol. The largest absolute Gasteiger partial charge is 0.392 e. The van der Waals surface area contributed by atoms with Gasteiger partial charge in [0, 0.05) is 5.56 Å². The third-order valence-corrected chi connectivity index (χ3v) is 3.50. The quantitative estimate of drug-likeness (QED) is 0.491. The topological polar surface area (TPSA) is 78.0 Å². The molecule has 1 atom stereocenters. The maximum Gasteiger partial charge on any atom is 0.392 e. The lowest BCUT2D eigenvalue weighted by molar-refractivity contribution is -0.390. The van der Waals surface area contributed by atoms with Gasteiger partial charge in [-0.25, -0.2) is 0 Å². The lowest BCUT2D eigenvalue weighted by Gasteiger charge is -2.11. The van der Waals surface area contributed by atoms with E-state index in [1.807, 2.05) is 32.0 Å². The summed E-state index contributed by atoms with van der Waals surface area (Å²) in [4.78, 5) is 22.9. The summed E-state index contributed by atoms with van der Waals surface area (Å²) < 4.78 is 1.36. The van der Waals surface area contributed by atoms with Crippen LogP contribution < -0.4 is 0 Å². The summed E-state index contributed by atoms with van der Waals surface area (Å²) in [5.41, 5.74) is 2.95. The molecule has 6 heteroatoms. The molecular formula is C15H17N3O3. The molecule has 1 aromatic carbocycles. The zero-order valence-electron chi connectivity index (χ0n) is 12.5. The SMILES string of the molecule is Cc1ccc(C)c(C(=O)C(C)n2cc(C)c([N+](=O)[O-])n2)c1. The van der Waals surface area contributed by atoms with Crippen LogP contribution in [0.2, 0.25) is 0 Å². The van der Waals surface area contributed by atoms with Crippen molar-refractivity contribution in [2.45, 2.75) is 33.7 Å². The molecule has 1 unspecified atom stereocenters. The summed E-state index contributed by atoms with van der Waals surface area (Å²) >= 11 is 0. The van der Waals surface area contributed by atoms with E-state index in [9.17, 15) is 14.9 Å². The average Bonchev–Trinajstić information content (AvgIpc) is 2.82. The smallest absolute Gasteiger partial charge is 0.358 e. The molecule has 0 aliphatic rings. The molecular weight excluding hydrogens is 270 g/mol. The predicted octanol–water partition coefficient (Wildman–Crippen LogP) is 3.16. The van der Waals surface area contributed by atoms with Crippen molar-refractivity contribution in [1.82, 2.24) is 9.78 Å². The van der Waals surface area contributed by atoms with Crippen molar-refractivity contribution in [1.29, 1.82) is 0 Å². The standard InChI is InChI=1S/C15H17N3O3/c1-9-5-6-10(2)13(7-9)14(19)12(4)17-8-11(3)15(16-17)18(20)21/h5-8,12H,1-4H3. The second kappa shape index (κ2) is 5.47. The fourth-order valence-corrected chi connectivity index (χ4v) is 2.20. The van der Waals surface area contributed by atoms with Gasteiger partial charge >= 0.3 is 5.82 Å². The zero-order chi connectivity index (χ0) is 15.7. The van der Waals surface area contributed by atoms with Crippen molar-refractivity contribution >= 4 is 11.6 Å². The molecule has 1 heterocycles. The molecule has 0 saturated carbocycles. The maximum atomic E-state index is 12.6. The number of rotatable bonds is 4. The summed E-state index contributed by atoms with van der Waals surface area (Å²) in [6, 6.07) is 5.09. The summed E-state index contributed by atoms with van der Waals surface area (Å²) in [6.07, 6.45) is 1.53. The van der Waals surface area contributed by atoms with Gasteiger partial charge in [0.1, 0.15) is 6.04 Å². The molecule has 6 nitrogen and oxygen atoms in total. The van der Waals surface area contributed by atoms with Crippen molar-refractivity contribution < 1.29 is 9.72 Å². The van der Waals surface area contributed by atoms with Crippen molar-refractivity contribution in [2.24, 2.45) is 0 Å². The highest BCUT2D eigenvalue weighted by Crippen LogP contribution is 2.22. The molecule has 21 heavy (non-hydrogen) atoms. The van der Waals surface area contributed by atoms with Crippen LogP contribution >= 0.6 is 0 Å². The van der Waals surface area contributed by atoms with Crippen molar-refractivity contribution in [3.05, 3.63) is 56.8 Å². The third kappa shape index (κ3) is 2.84. The molecule has 0 saturated heterocycles. The Morgan fingerprint density at radius 2 is 1.95 bits per heavy atom. The molecule has 2 rings (SSSR count). The molecule has 110 valence electrons. The van der Waals surface area contributed by atoms with Crippen LogP contribution in [-0.4, -0.2) is 20.5 Å². The Balaban J connectivity index is 2.37. The van der Waals surface area contributed by atoms with Gasteiger partial charge in [-0.1, -0.05) is 17.7 Å². The Morgan fingerprint density at radius 3 is 2.52 bits per heavy atom. The van der Waals surface area contributed by atoms with E-state index in [0.29, 0.717) is 11.1 Å². The Morgan fingerprint density at radius 1 is 1.29 bits per heavy atom. The number of hydrogen-bond donors (Lipinski definition) is 0. The fourth-order valence-electron chi connectivity index (χ4n) is 2.20. The van der Waals surface area contributed by atoms with Crippen molar-refractivity contribution in [3.63, 3.8) is 0 Å². The zero-order valence-corrected chi connectivity index (χ0v) is 12.5. The number of nitrogens with zero attached hydrogens (tertiary/aromatic N) is 3. The van der Waals surface area contributed by atoms with Crippen LogP contribution in [0.4, 0.5) is 5.82 Å². The Bertz CT molecular complexity index is 719.